The highest BCUT2D eigenvalue weighted by Gasteiger charge is 2.23. The summed E-state index contributed by atoms with van der Waals surface area (Å²) in [6, 6.07) is 5.89. The van der Waals surface area contributed by atoms with Crippen LogP contribution in [0.4, 0.5) is 4.39 Å². The van der Waals surface area contributed by atoms with E-state index in [0.29, 0.717) is 24.0 Å². The summed E-state index contributed by atoms with van der Waals surface area (Å²) in [6.07, 6.45) is 8.34. The van der Waals surface area contributed by atoms with Gasteiger partial charge in [-0.05, 0) is 49.8 Å². The molecular formula is C20H23ClFN3O2. The molecule has 27 heavy (non-hydrogen) atoms. The fraction of sp³-hybridized carbons (Fsp3) is 0.450. The fourth-order valence-electron chi connectivity index (χ4n) is 3.31. The van der Waals surface area contributed by atoms with Crippen molar-refractivity contribution in [3.05, 3.63) is 53.2 Å². The van der Waals surface area contributed by atoms with Crippen LogP contribution in [-0.4, -0.2) is 40.5 Å². The highest BCUT2D eigenvalue weighted by molar-refractivity contribution is 6.31. The van der Waals surface area contributed by atoms with Crippen molar-refractivity contribution >= 4 is 17.5 Å². The van der Waals surface area contributed by atoms with Gasteiger partial charge >= 0.3 is 0 Å². The molecule has 1 amide bonds. The molecule has 1 aliphatic rings. The Morgan fingerprint density at radius 1 is 1.26 bits per heavy atom. The number of nitrogens with zero attached hydrogens (tertiary/aromatic N) is 3. The van der Waals surface area contributed by atoms with Crippen molar-refractivity contribution in [3.8, 4) is 5.88 Å². The number of unbranched alkanes of at least 4 members (excludes halogenated alkanes) is 1. The van der Waals surface area contributed by atoms with Crippen LogP contribution >= 0.6 is 11.6 Å². The molecule has 3 rings (SSSR count). The van der Waals surface area contributed by atoms with Gasteiger partial charge in [0.1, 0.15) is 12.1 Å². The normalized spacial score (nSPS) is 15.0. The first-order valence-electron chi connectivity index (χ1n) is 9.26. The molecule has 5 nitrogen and oxygen atoms in total. The highest BCUT2D eigenvalue weighted by atomic mass is 35.5. The number of benzene rings is 1. The van der Waals surface area contributed by atoms with E-state index in [-0.39, 0.29) is 10.9 Å². The summed E-state index contributed by atoms with van der Waals surface area (Å²) >= 11 is 5.78. The second kappa shape index (κ2) is 9.65. The van der Waals surface area contributed by atoms with Gasteiger partial charge in [-0.2, -0.15) is 0 Å². The maximum absolute atomic E-state index is 13.3. The molecule has 1 fully saturated rings. The smallest absolute Gasteiger partial charge is 0.253 e. The van der Waals surface area contributed by atoms with Gasteiger partial charge in [0.15, 0.2) is 0 Å². The first kappa shape index (κ1) is 19.5. The number of hydrogen-bond donors (Lipinski definition) is 0. The zero-order chi connectivity index (χ0) is 19.1. The molecule has 2 heterocycles. The summed E-state index contributed by atoms with van der Waals surface area (Å²) in [5.41, 5.74) is 0.446. The van der Waals surface area contributed by atoms with Crippen LogP contribution in [0.15, 0.2) is 36.8 Å². The van der Waals surface area contributed by atoms with Crippen molar-refractivity contribution in [1.29, 1.82) is 0 Å². The second-order valence-electron chi connectivity index (χ2n) is 6.76. The van der Waals surface area contributed by atoms with Crippen LogP contribution in [0, 0.1) is 11.7 Å². The Bertz CT molecular complexity index is 752. The molecule has 0 unspecified atom stereocenters. The van der Waals surface area contributed by atoms with E-state index in [9.17, 15) is 9.18 Å². The Hall–Kier alpha value is -2.21. The molecule has 1 aromatic heterocycles. The van der Waals surface area contributed by atoms with E-state index in [4.69, 9.17) is 16.3 Å². The molecule has 0 radical (unpaired) electrons. The molecular weight excluding hydrogens is 369 g/mol. The molecule has 2 aromatic rings. The monoisotopic (exact) mass is 391 g/mol. The molecule has 0 atom stereocenters. The van der Waals surface area contributed by atoms with Crippen LogP contribution in [0.2, 0.25) is 5.02 Å². The third-order valence-corrected chi connectivity index (χ3v) is 5.17. The first-order chi connectivity index (χ1) is 13.1. The van der Waals surface area contributed by atoms with E-state index < -0.39 is 5.82 Å². The fourth-order valence-corrected chi connectivity index (χ4v) is 3.49. The number of ether oxygens (including phenoxy) is 1. The topological polar surface area (TPSA) is 55.3 Å². The number of hydrogen-bond acceptors (Lipinski definition) is 4. The van der Waals surface area contributed by atoms with Gasteiger partial charge in [-0.25, -0.2) is 14.4 Å². The molecule has 7 heteroatoms. The third kappa shape index (κ3) is 5.63. The molecule has 1 saturated heterocycles. The lowest BCUT2D eigenvalue weighted by atomic mass is 9.91. The number of rotatable bonds is 7. The second-order valence-corrected chi connectivity index (χ2v) is 7.16. The van der Waals surface area contributed by atoms with Gasteiger partial charge in [0.25, 0.3) is 5.91 Å². The number of halogens is 2. The van der Waals surface area contributed by atoms with Gasteiger partial charge in [0.2, 0.25) is 5.88 Å². The minimum atomic E-state index is -0.504. The van der Waals surface area contributed by atoms with E-state index in [2.05, 4.69) is 9.97 Å². The van der Waals surface area contributed by atoms with Gasteiger partial charge in [0.05, 0.1) is 11.6 Å². The molecule has 0 N–H and O–H groups in total. The Balaban J connectivity index is 1.35. The molecule has 0 spiro atoms. The summed E-state index contributed by atoms with van der Waals surface area (Å²) in [7, 11) is 0. The average Bonchev–Trinajstić information content (AvgIpc) is 2.70. The SMILES string of the molecule is O=C(c1ccc(F)c(Cl)c1)N1CCC(CCCCOc2ccncn2)CC1. The highest BCUT2D eigenvalue weighted by Crippen LogP contribution is 2.25. The Kier molecular flexibility index (Phi) is 6.98. The number of carbonyl (C=O) groups excluding carboxylic acids is 1. The predicted molar refractivity (Wildman–Crippen MR) is 101 cm³/mol. The lowest BCUT2D eigenvalue weighted by Crippen LogP contribution is -2.38. The number of piperidine rings is 1. The Morgan fingerprint density at radius 2 is 2.07 bits per heavy atom. The zero-order valence-electron chi connectivity index (χ0n) is 15.1. The average molecular weight is 392 g/mol. The van der Waals surface area contributed by atoms with Gasteiger partial charge in [-0.1, -0.05) is 18.0 Å². The number of carbonyl (C=O) groups is 1. The number of likely N-dealkylation sites (tertiary alicyclic amines) is 1. The van der Waals surface area contributed by atoms with E-state index >= 15 is 0 Å². The standard InChI is InChI=1S/C20H23ClFN3O2/c21-17-13-16(4-5-18(17)22)20(26)25-10-7-15(8-11-25)3-1-2-12-27-19-6-9-23-14-24-19/h4-6,9,13-15H,1-3,7-8,10-12H2. The van der Waals surface area contributed by atoms with Crippen molar-refractivity contribution in [1.82, 2.24) is 14.9 Å². The van der Waals surface area contributed by atoms with Crippen LogP contribution in [0.1, 0.15) is 42.5 Å². The maximum atomic E-state index is 13.3. The van der Waals surface area contributed by atoms with Crippen molar-refractivity contribution in [2.45, 2.75) is 32.1 Å². The summed E-state index contributed by atoms with van der Waals surface area (Å²) in [6.45, 7) is 2.12. The predicted octanol–water partition coefficient (Wildman–Crippen LogP) is 4.37. The van der Waals surface area contributed by atoms with E-state index in [1.54, 1.807) is 12.3 Å². The summed E-state index contributed by atoms with van der Waals surface area (Å²) < 4.78 is 18.8. The van der Waals surface area contributed by atoms with E-state index in [1.165, 1.54) is 24.5 Å². The Morgan fingerprint density at radius 3 is 2.78 bits per heavy atom. The number of aromatic nitrogens is 2. The quantitative estimate of drug-likeness (QED) is 0.657. The van der Waals surface area contributed by atoms with Gasteiger partial charge in [0, 0.05) is 30.9 Å². The van der Waals surface area contributed by atoms with E-state index in [1.807, 2.05) is 4.90 Å². The minimum Gasteiger partial charge on any atom is -0.478 e. The first-order valence-corrected chi connectivity index (χ1v) is 9.64. The van der Waals surface area contributed by atoms with Crippen LogP contribution in [0.5, 0.6) is 5.88 Å². The molecule has 1 aliphatic heterocycles. The zero-order valence-corrected chi connectivity index (χ0v) is 15.9. The lowest BCUT2D eigenvalue weighted by molar-refractivity contribution is 0.0685. The van der Waals surface area contributed by atoms with Crippen molar-refractivity contribution in [2.24, 2.45) is 5.92 Å². The summed E-state index contributed by atoms with van der Waals surface area (Å²) in [5, 5.41) is -0.0140. The van der Waals surface area contributed by atoms with Crippen LogP contribution in [-0.2, 0) is 0 Å². The lowest BCUT2D eigenvalue weighted by Gasteiger charge is -2.32. The molecule has 0 bridgehead atoms. The van der Waals surface area contributed by atoms with Crippen LogP contribution in [0.3, 0.4) is 0 Å². The van der Waals surface area contributed by atoms with Gasteiger partial charge in [-0.3, -0.25) is 4.79 Å². The maximum Gasteiger partial charge on any atom is 0.253 e. The van der Waals surface area contributed by atoms with Crippen LogP contribution < -0.4 is 4.74 Å². The van der Waals surface area contributed by atoms with Gasteiger partial charge in [-0.15, -0.1) is 0 Å². The number of amides is 1. The summed E-state index contributed by atoms with van der Waals surface area (Å²) in [4.78, 5) is 22.2. The van der Waals surface area contributed by atoms with Crippen molar-refractivity contribution < 1.29 is 13.9 Å². The van der Waals surface area contributed by atoms with Crippen molar-refractivity contribution in [3.63, 3.8) is 0 Å². The molecule has 144 valence electrons. The molecule has 1 aromatic carbocycles. The Labute approximate surface area is 163 Å². The third-order valence-electron chi connectivity index (χ3n) is 4.88. The van der Waals surface area contributed by atoms with E-state index in [0.717, 1.165) is 45.2 Å². The summed E-state index contributed by atoms with van der Waals surface area (Å²) in [5.74, 6) is 0.659. The minimum absolute atomic E-state index is 0.0140. The molecule has 0 aliphatic carbocycles. The molecule has 0 saturated carbocycles. The van der Waals surface area contributed by atoms with Crippen LogP contribution in [0.25, 0.3) is 0 Å². The van der Waals surface area contributed by atoms with Crippen molar-refractivity contribution in [2.75, 3.05) is 19.7 Å². The van der Waals surface area contributed by atoms with Gasteiger partial charge < -0.3 is 9.64 Å². The largest absolute Gasteiger partial charge is 0.478 e.